The van der Waals surface area contributed by atoms with E-state index in [1.807, 2.05) is 13.0 Å². The number of nitrogens with zero attached hydrogens (tertiary/aromatic N) is 2. The number of fused-ring (bicyclic) bond motifs is 1. The molecule has 0 unspecified atom stereocenters. The zero-order valence-electron chi connectivity index (χ0n) is 9.95. The van der Waals surface area contributed by atoms with Crippen LogP contribution in [0.1, 0.15) is 4.88 Å². The summed E-state index contributed by atoms with van der Waals surface area (Å²) in [6.07, 6.45) is 0. The fourth-order valence-corrected chi connectivity index (χ4v) is 2.74. The normalized spacial score (nSPS) is 11.1. The molecular weight excluding hydrogens is 268 g/mol. The number of nitrogen functional groups attached to an aromatic ring is 1. The van der Waals surface area contributed by atoms with Crippen molar-refractivity contribution in [2.45, 2.75) is 6.92 Å². The molecular formula is C13H9F2N3S. The molecule has 96 valence electrons. The maximum atomic E-state index is 13.7. The summed E-state index contributed by atoms with van der Waals surface area (Å²) >= 11 is 1.46. The molecule has 2 heterocycles. The van der Waals surface area contributed by atoms with E-state index >= 15 is 0 Å². The first-order valence-corrected chi connectivity index (χ1v) is 6.35. The highest BCUT2D eigenvalue weighted by Crippen LogP contribution is 2.30. The van der Waals surface area contributed by atoms with Crippen molar-refractivity contribution >= 4 is 27.4 Å². The van der Waals surface area contributed by atoms with Crippen molar-refractivity contribution in [1.29, 1.82) is 0 Å². The first kappa shape index (κ1) is 12.0. The Kier molecular flexibility index (Phi) is 2.67. The van der Waals surface area contributed by atoms with Gasteiger partial charge in [0.25, 0.3) is 0 Å². The molecule has 2 aromatic heterocycles. The molecule has 0 amide bonds. The lowest BCUT2D eigenvalue weighted by molar-refractivity contribution is 0.585. The van der Waals surface area contributed by atoms with Gasteiger partial charge in [-0.3, -0.25) is 0 Å². The fourth-order valence-electron chi connectivity index (χ4n) is 1.86. The van der Waals surface area contributed by atoms with E-state index in [1.54, 1.807) is 0 Å². The predicted molar refractivity (Wildman–Crippen MR) is 71.9 cm³/mol. The molecule has 0 bridgehead atoms. The van der Waals surface area contributed by atoms with Crippen LogP contribution in [0.25, 0.3) is 21.6 Å². The number of hydrogen-bond acceptors (Lipinski definition) is 4. The first-order chi connectivity index (χ1) is 9.04. The summed E-state index contributed by atoms with van der Waals surface area (Å²) in [4.78, 5) is 10.1. The number of anilines is 1. The molecule has 3 rings (SSSR count). The van der Waals surface area contributed by atoms with Crippen molar-refractivity contribution in [1.82, 2.24) is 9.97 Å². The Labute approximate surface area is 111 Å². The highest BCUT2D eigenvalue weighted by Gasteiger charge is 2.13. The van der Waals surface area contributed by atoms with Crippen molar-refractivity contribution < 1.29 is 8.78 Å². The Morgan fingerprint density at radius 3 is 2.68 bits per heavy atom. The molecule has 2 N–H and O–H groups in total. The number of aromatic nitrogens is 2. The maximum Gasteiger partial charge on any atom is 0.166 e. The van der Waals surface area contributed by atoms with Crippen LogP contribution in [0.5, 0.6) is 0 Å². The average Bonchev–Trinajstić information content (AvgIpc) is 2.70. The van der Waals surface area contributed by atoms with Crippen LogP contribution in [-0.2, 0) is 0 Å². The van der Waals surface area contributed by atoms with Crippen LogP contribution in [0.3, 0.4) is 0 Å². The molecule has 0 aliphatic rings. The quantitative estimate of drug-likeness (QED) is 0.740. The Morgan fingerprint density at radius 1 is 1.16 bits per heavy atom. The van der Waals surface area contributed by atoms with E-state index in [1.165, 1.54) is 23.5 Å². The van der Waals surface area contributed by atoms with Gasteiger partial charge in [-0.2, -0.15) is 0 Å². The standard InChI is InChI=1S/C13H9F2N3S/c1-6-4-9-11(16)17-12(18-13(9)19-6)8-3-2-7(14)5-10(8)15/h2-5H,1H3,(H2,16,17,18). The van der Waals surface area contributed by atoms with Gasteiger partial charge in [-0.05, 0) is 25.1 Å². The van der Waals surface area contributed by atoms with Gasteiger partial charge in [-0.25, -0.2) is 18.7 Å². The summed E-state index contributed by atoms with van der Waals surface area (Å²) in [6.45, 7) is 1.93. The second kappa shape index (κ2) is 4.24. The number of halogens is 2. The van der Waals surface area contributed by atoms with Crippen LogP contribution >= 0.6 is 11.3 Å². The third kappa shape index (κ3) is 2.04. The molecule has 19 heavy (non-hydrogen) atoms. The number of aryl methyl sites for hydroxylation is 1. The van der Waals surface area contributed by atoms with Gasteiger partial charge in [-0.1, -0.05) is 0 Å². The van der Waals surface area contributed by atoms with Gasteiger partial charge in [0.1, 0.15) is 22.3 Å². The Bertz CT molecular complexity index is 783. The molecule has 0 spiro atoms. The van der Waals surface area contributed by atoms with Crippen LogP contribution < -0.4 is 5.73 Å². The molecule has 0 fully saturated rings. The summed E-state index contributed by atoms with van der Waals surface area (Å²) < 4.78 is 26.6. The van der Waals surface area contributed by atoms with Crippen LogP contribution in [-0.4, -0.2) is 9.97 Å². The lowest BCUT2D eigenvalue weighted by Gasteiger charge is -2.03. The molecule has 0 aliphatic heterocycles. The summed E-state index contributed by atoms with van der Waals surface area (Å²) in [6, 6.07) is 5.17. The number of benzene rings is 1. The van der Waals surface area contributed by atoms with Crippen LogP contribution in [0.2, 0.25) is 0 Å². The number of thiophene rings is 1. The summed E-state index contributed by atoms with van der Waals surface area (Å²) in [5.41, 5.74) is 5.99. The van der Waals surface area contributed by atoms with Gasteiger partial charge in [0, 0.05) is 10.9 Å². The minimum Gasteiger partial charge on any atom is -0.383 e. The van der Waals surface area contributed by atoms with Crippen LogP contribution in [0.4, 0.5) is 14.6 Å². The van der Waals surface area contributed by atoms with Crippen LogP contribution in [0.15, 0.2) is 24.3 Å². The van der Waals surface area contributed by atoms with E-state index in [9.17, 15) is 8.78 Å². The van der Waals surface area contributed by atoms with E-state index in [0.717, 1.165) is 16.3 Å². The van der Waals surface area contributed by atoms with Gasteiger partial charge >= 0.3 is 0 Å². The van der Waals surface area contributed by atoms with Crippen molar-refractivity contribution in [2.75, 3.05) is 5.73 Å². The molecule has 3 nitrogen and oxygen atoms in total. The summed E-state index contributed by atoms with van der Waals surface area (Å²) in [5, 5.41) is 0.758. The third-order valence-corrected chi connectivity index (χ3v) is 3.66. The van der Waals surface area contributed by atoms with Gasteiger partial charge < -0.3 is 5.73 Å². The molecule has 0 saturated carbocycles. The van der Waals surface area contributed by atoms with Crippen molar-refractivity contribution in [3.63, 3.8) is 0 Å². The molecule has 3 aromatic rings. The number of nitrogens with two attached hydrogens (primary N) is 1. The van der Waals surface area contributed by atoms with E-state index in [2.05, 4.69) is 9.97 Å². The van der Waals surface area contributed by atoms with Crippen molar-refractivity contribution in [3.05, 3.63) is 40.8 Å². The molecule has 1 aromatic carbocycles. The smallest absolute Gasteiger partial charge is 0.166 e. The first-order valence-electron chi connectivity index (χ1n) is 5.53. The topological polar surface area (TPSA) is 51.8 Å². The summed E-state index contributed by atoms with van der Waals surface area (Å²) in [7, 11) is 0. The molecule has 0 atom stereocenters. The Hall–Kier alpha value is -2.08. The fraction of sp³-hybridized carbons (Fsp3) is 0.0769. The van der Waals surface area contributed by atoms with E-state index in [0.29, 0.717) is 10.6 Å². The highest BCUT2D eigenvalue weighted by atomic mass is 32.1. The summed E-state index contributed by atoms with van der Waals surface area (Å²) in [5.74, 6) is -0.869. The second-order valence-electron chi connectivity index (χ2n) is 4.13. The van der Waals surface area contributed by atoms with Crippen LogP contribution in [0, 0.1) is 18.6 Å². The minimum atomic E-state index is -0.702. The lowest BCUT2D eigenvalue weighted by Crippen LogP contribution is -1.97. The molecule has 0 radical (unpaired) electrons. The Balaban J connectivity index is 2.25. The second-order valence-corrected chi connectivity index (χ2v) is 5.37. The van der Waals surface area contributed by atoms with Gasteiger partial charge in [0.15, 0.2) is 5.82 Å². The van der Waals surface area contributed by atoms with Crippen molar-refractivity contribution in [2.24, 2.45) is 0 Å². The van der Waals surface area contributed by atoms with E-state index in [4.69, 9.17) is 5.73 Å². The monoisotopic (exact) mass is 277 g/mol. The van der Waals surface area contributed by atoms with Gasteiger partial charge in [0.05, 0.1) is 10.9 Å². The minimum absolute atomic E-state index is 0.140. The van der Waals surface area contributed by atoms with Crippen molar-refractivity contribution in [3.8, 4) is 11.4 Å². The lowest BCUT2D eigenvalue weighted by atomic mass is 10.2. The number of rotatable bonds is 1. The zero-order chi connectivity index (χ0) is 13.6. The largest absolute Gasteiger partial charge is 0.383 e. The van der Waals surface area contributed by atoms with E-state index in [-0.39, 0.29) is 11.4 Å². The third-order valence-electron chi connectivity index (χ3n) is 2.72. The SMILES string of the molecule is Cc1cc2c(N)nc(-c3ccc(F)cc3F)nc2s1. The molecule has 0 saturated heterocycles. The maximum absolute atomic E-state index is 13.7. The van der Waals surface area contributed by atoms with Gasteiger partial charge in [0.2, 0.25) is 0 Å². The zero-order valence-corrected chi connectivity index (χ0v) is 10.8. The predicted octanol–water partition coefficient (Wildman–Crippen LogP) is 3.53. The highest BCUT2D eigenvalue weighted by molar-refractivity contribution is 7.18. The number of hydrogen-bond donors (Lipinski definition) is 1. The van der Waals surface area contributed by atoms with E-state index < -0.39 is 11.6 Å². The average molecular weight is 277 g/mol. The Morgan fingerprint density at radius 2 is 1.95 bits per heavy atom. The molecule has 0 aliphatic carbocycles. The van der Waals surface area contributed by atoms with Gasteiger partial charge in [-0.15, -0.1) is 11.3 Å². The molecule has 6 heteroatoms.